The van der Waals surface area contributed by atoms with Crippen LogP contribution in [0.2, 0.25) is 0 Å². The summed E-state index contributed by atoms with van der Waals surface area (Å²) < 4.78 is 0.887. The standard InChI is InChI=1S/C10H9BrN2O2/c11-7-1-2-8(12-5-7)6-3-9(14)13-10(15)4-6/h1-2,5-6H,3-4H2,(H,13,14,15). The highest BCUT2D eigenvalue weighted by molar-refractivity contribution is 9.10. The smallest absolute Gasteiger partial charge is 0.227 e. The van der Waals surface area contributed by atoms with E-state index in [1.54, 1.807) is 6.20 Å². The molecule has 2 rings (SSSR count). The van der Waals surface area contributed by atoms with Crippen LogP contribution in [0.3, 0.4) is 0 Å². The molecule has 1 N–H and O–H groups in total. The summed E-state index contributed by atoms with van der Waals surface area (Å²) >= 11 is 3.28. The van der Waals surface area contributed by atoms with Crippen LogP contribution in [0.5, 0.6) is 0 Å². The van der Waals surface area contributed by atoms with Crippen molar-refractivity contribution in [2.24, 2.45) is 0 Å². The van der Waals surface area contributed by atoms with E-state index in [0.717, 1.165) is 10.2 Å². The van der Waals surface area contributed by atoms with E-state index >= 15 is 0 Å². The van der Waals surface area contributed by atoms with Crippen molar-refractivity contribution in [3.05, 3.63) is 28.5 Å². The number of nitrogens with one attached hydrogen (secondary N) is 1. The maximum absolute atomic E-state index is 11.2. The number of pyridine rings is 1. The van der Waals surface area contributed by atoms with Crippen LogP contribution in [-0.4, -0.2) is 16.8 Å². The normalized spacial score (nSPS) is 17.7. The molecule has 4 nitrogen and oxygen atoms in total. The second kappa shape index (κ2) is 4.10. The van der Waals surface area contributed by atoms with Gasteiger partial charge in [-0.05, 0) is 28.1 Å². The lowest BCUT2D eigenvalue weighted by molar-refractivity contribution is -0.133. The van der Waals surface area contributed by atoms with Crippen LogP contribution in [0.15, 0.2) is 22.8 Å². The zero-order chi connectivity index (χ0) is 10.8. The molecule has 15 heavy (non-hydrogen) atoms. The Bertz CT molecular complexity index is 386. The maximum atomic E-state index is 11.2. The molecule has 0 spiro atoms. The second-order valence-electron chi connectivity index (χ2n) is 3.48. The van der Waals surface area contributed by atoms with Gasteiger partial charge < -0.3 is 0 Å². The summed E-state index contributed by atoms with van der Waals surface area (Å²) in [6.07, 6.45) is 2.34. The van der Waals surface area contributed by atoms with Gasteiger partial charge in [-0.15, -0.1) is 0 Å². The van der Waals surface area contributed by atoms with Gasteiger partial charge in [-0.2, -0.15) is 0 Å². The molecule has 1 aromatic heterocycles. The molecule has 0 aliphatic carbocycles. The highest BCUT2D eigenvalue weighted by atomic mass is 79.9. The van der Waals surface area contributed by atoms with E-state index in [9.17, 15) is 9.59 Å². The van der Waals surface area contributed by atoms with Crippen LogP contribution in [0.1, 0.15) is 24.5 Å². The number of rotatable bonds is 1. The Morgan fingerprint density at radius 1 is 1.27 bits per heavy atom. The Hall–Kier alpha value is -1.23. The fraction of sp³-hybridized carbons (Fsp3) is 0.300. The molecule has 5 heteroatoms. The number of aromatic nitrogens is 1. The summed E-state index contributed by atoms with van der Waals surface area (Å²) in [6.45, 7) is 0. The quantitative estimate of drug-likeness (QED) is 0.783. The van der Waals surface area contributed by atoms with Gasteiger partial charge in [0.25, 0.3) is 0 Å². The number of hydrogen-bond donors (Lipinski definition) is 1. The molecule has 0 aromatic carbocycles. The molecule has 2 heterocycles. The van der Waals surface area contributed by atoms with E-state index in [4.69, 9.17) is 0 Å². The van der Waals surface area contributed by atoms with Crippen molar-refractivity contribution in [3.8, 4) is 0 Å². The molecule has 0 atom stereocenters. The van der Waals surface area contributed by atoms with Crippen LogP contribution < -0.4 is 5.32 Å². The molecular formula is C10H9BrN2O2. The number of piperidine rings is 1. The van der Waals surface area contributed by atoms with Crippen LogP contribution in [0, 0.1) is 0 Å². The number of carbonyl (C=O) groups is 2. The van der Waals surface area contributed by atoms with Crippen LogP contribution >= 0.6 is 15.9 Å². The molecule has 1 aromatic rings. The van der Waals surface area contributed by atoms with Gasteiger partial charge in [-0.1, -0.05) is 0 Å². The Morgan fingerprint density at radius 2 is 1.93 bits per heavy atom. The van der Waals surface area contributed by atoms with Crippen LogP contribution in [0.25, 0.3) is 0 Å². The number of halogens is 1. The molecule has 1 aliphatic heterocycles. The molecule has 1 saturated heterocycles. The Balaban J connectivity index is 2.19. The van der Waals surface area contributed by atoms with Crippen molar-refractivity contribution in [1.29, 1.82) is 0 Å². The van der Waals surface area contributed by atoms with Gasteiger partial charge in [-0.3, -0.25) is 19.9 Å². The highest BCUT2D eigenvalue weighted by Crippen LogP contribution is 2.25. The zero-order valence-electron chi connectivity index (χ0n) is 7.87. The van der Waals surface area contributed by atoms with Crippen molar-refractivity contribution in [2.75, 3.05) is 0 Å². The van der Waals surface area contributed by atoms with Gasteiger partial charge >= 0.3 is 0 Å². The topological polar surface area (TPSA) is 59.1 Å². The fourth-order valence-electron chi connectivity index (χ4n) is 1.62. The minimum absolute atomic E-state index is 0.0839. The summed E-state index contributed by atoms with van der Waals surface area (Å²) in [5.41, 5.74) is 0.793. The van der Waals surface area contributed by atoms with Crippen LogP contribution in [-0.2, 0) is 9.59 Å². The Labute approximate surface area is 95.2 Å². The lowest BCUT2D eigenvalue weighted by Gasteiger charge is -2.20. The van der Waals surface area contributed by atoms with E-state index in [1.165, 1.54) is 0 Å². The predicted molar refractivity (Wildman–Crippen MR) is 57.1 cm³/mol. The van der Waals surface area contributed by atoms with Gasteiger partial charge in [-0.25, -0.2) is 0 Å². The minimum Gasteiger partial charge on any atom is -0.296 e. The summed E-state index contributed by atoms with van der Waals surface area (Å²) in [4.78, 5) is 26.5. The minimum atomic E-state index is -0.221. The first-order valence-electron chi connectivity index (χ1n) is 4.59. The Kier molecular flexibility index (Phi) is 2.81. The van der Waals surface area contributed by atoms with Gasteiger partial charge in [0, 0.05) is 35.1 Å². The van der Waals surface area contributed by atoms with Crippen molar-refractivity contribution in [3.63, 3.8) is 0 Å². The van der Waals surface area contributed by atoms with Gasteiger partial charge in [0.05, 0.1) is 0 Å². The van der Waals surface area contributed by atoms with E-state index < -0.39 is 0 Å². The highest BCUT2D eigenvalue weighted by Gasteiger charge is 2.26. The molecule has 1 fully saturated rings. The first kappa shape index (κ1) is 10.3. The van der Waals surface area contributed by atoms with E-state index in [0.29, 0.717) is 12.8 Å². The first-order valence-corrected chi connectivity index (χ1v) is 5.38. The third kappa shape index (κ3) is 2.41. The largest absolute Gasteiger partial charge is 0.296 e. The van der Waals surface area contributed by atoms with Gasteiger partial charge in [0.1, 0.15) is 0 Å². The van der Waals surface area contributed by atoms with Crippen molar-refractivity contribution in [1.82, 2.24) is 10.3 Å². The summed E-state index contributed by atoms with van der Waals surface area (Å²) in [6, 6.07) is 3.69. The molecule has 0 bridgehead atoms. The average Bonchev–Trinajstić information content (AvgIpc) is 2.17. The third-order valence-corrected chi connectivity index (χ3v) is 2.78. The zero-order valence-corrected chi connectivity index (χ0v) is 9.45. The monoisotopic (exact) mass is 268 g/mol. The van der Waals surface area contributed by atoms with Crippen molar-refractivity contribution in [2.45, 2.75) is 18.8 Å². The molecule has 0 radical (unpaired) electrons. The van der Waals surface area contributed by atoms with E-state index in [2.05, 4.69) is 26.2 Å². The molecule has 2 amide bonds. The maximum Gasteiger partial charge on any atom is 0.227 e. The van der Waals surface area contributed by atoms with Crippen molar-refractivity contribution >= 4 is 27.7 Å². The molecule has 78 valence electrons. The lowest BCUT2D eigenvalue weighted by Crippen LogP contribution is -2.37. The van der Waals surface area contributed by atoms with Gasteiger partial charge in [0.15, 0.2) is 0 Å². The molecule has 1 aliphatic rings. The summed E-state index contributed by atoms with van der Waals surface area (Å²) in [5, 5.41) is 2.28. The summed E-state index contributed by atoms with van der Waals surface area (Å²) in [5.74, 6) is -0.527. The Morgan fingerprint density at radius 3 is 2.47 bits per heavy atom. The lowest BCUT2D eigenvalue weighted by atomic mass is 9.93. The average molecular weight is 269 g/mol. The fourth-order valence-corrected chi connectivity index (χ4v) is 1.85. The van der Waals surface area contributed by atoms with E-state index in [-0.39, 0.29) is 17.7 Å². The number of nitrogens with zero attached hydrogens (tertiary/aromatic N) is 1. The number of amides is 2. The second-order valence-corrected chi connectivity index (χ2v) is 4.39. The van der Waals surface area contributed by atoms with Gasteiger partial charge in [0.2, 0.25) is 11.8 Å². The number of carbonyl (C=O) groups excluding carboxylic acids is 2. The molecule has 0 unspecified atom stereocenters. The third-order valence-electron chi connectivity index (χ3n) is 2.31. The molecular weight excluding hydrogens is 260 g/mol. The molecule has 0 saturated carbocycles. The van der Waals surface area contributed by atoms with Crippen LogP contribution in [0.4, 0.5) is 0 Å². The predicted octanol–water partition coefficient (Wildman–Crippen LogP) is 1.36. The SMILES string of the molecule is O=C1CC(c2ccc(Br)cn2)CC(=O)N1. The number of imide groups is 1. The number of hydrogen-bond acceptors (Lipinski definition) is 3. The van der Waals surface area contributed by atoms with E-state index in [1.807, 2.05) is 12.1 Å². The van der Waals surface area contributed by atoms with Crippen molar-refractivity contribution < 1.29 is 9.59 Å². The summed E-state index contributed by atoms with van der Waals surface area (Å²) in [7, 11) is 0. The first-order chi connectivity index (χ1) is 7.15.